The van der Waals surface area contributed by atoms with Crippen LogP contribution in [0.3, 0.4) is 0 Å². The van der Waals surface area contributed by atoms with Crippen molar-refractivity contribution in [3.05, 3.63) is 28.9 Å². The van der Waals surface area contributed by atoms with Gasteiger partial charge in [-0.05, 0) is 31.9 Å². The van der Waals surface area contributed by atoms with Crippen molar-refractivity contribution in [3.63, 3.8) is 0 Å². The van der Waals surface area contributed by atoms with Gasteiger partial charge in [0, 0.05) is 16.9 Å². The summed E-state index contributed by atoms with van der Waals surface area (Å²) < 4.78 is 0. The largest absolute Gasteiger partial charge is 0.384 e. The van der Waals surface area contributed by atoms with Crippen LogP contribution in [-0.2, 0) is 0 Å². The summed E-state index contributed by atoms with van der Waals surface area (Å²) >= 11 is 1.74. The quantitative estimate of drug-likeness (QED) is 0.864. The summed E-state index contributed by atoms with van der Waals surface area (Å²) in [5.74, 6) is 2.04. The highest BCUT2D eigenvalue weighted by Crippen LogP contribution is 2.39. The SMILES string of the molecule is Cc1ccc(-c2cc(N)nc(C3CC3)n2)s1. The second-order valence-electron chi connectivity index (χ2n) is 4.22. The first-order chi connectivity index (χ1) is 7.72. The maximum atomic E-state index is 5.82. The van der Waals surface area contributed by atoms with E-state index in [1.807, 2.05) is 6.07 Å². The summed E-state index contributed by atoms with van der Waals surface area (Å²) in [6.07, 6.45) is 2.40. The first-order valence-corrected chi connectivity index (χ1v) is 6.25. The van der Waals surface area contributed by atoms with E-state index in [1.54, 1.807) is 11.3 Å². The first-order valence-electron chi connectivity index (χ1n) is 5.43. The highest BCUT2D eigenvalue weighted by atomic mass is 32.1. The number of aryl methyl sites for hydroxylation is 1. The molecule has 0 saturated heterocycles. The molecule has 4 heteroatoms. The van der Waals surface area contributed by atoms with E-state index >= 15 is 0 Å². The number of thiophene rings is 1. The number of aromatic nitrogens is 2. The molecular weight excluding hydrogens is 218 g/mol. The van der Waals surface area contributed by atoms with Crippen LogP contribution < -0.4 is 5.73 Å². The predicted octanol–water partition coefficient (Wildman–Crippen LogP) is 2.97. The lowest BCUT2D eigenvalue weighted by molar-refractivity contribution is 0.937. The van der Waals surface area contributed by atoms with Crippen molar-refractivity contribution >= 4 is 17.2 Å². The molecule has 0 aliphatic heterocycles. The molecule has 0 radical (unpaired) electrons. The molecule has 0 unspecified atom stereocenters. The van der Waals surface area contributed by atoms with Gasteiger partial charge in [0.2, 0.25) is 0 Å². The Morgan fingerprint density at radius 2 is 2.12 bits per heavy atom. The number of hydrogen-bond donors (Lipinski definition) is 1. The lowest BCUT2D eigenvalue weighted by Gasteiger charge is -2.02. The summed E-state index contributed by atoms with van der Waals surface area (Å²) in [5.41, 5.74) is 6.79. The molecule has 16 heavy (non-hydrogen) atoms. The van der Waals surface area contributed by atoms with Gasteiger partial charge in [-0.1, -0.05) is 0 Å². The summed E-state index contributed by atoms with van der Waals surface area (Å²) in [5, 5.41) is 0. The molecule has 2 heterocycles. The minimum Gasteiger partial charge on any atom is -0.384 e. The molecule has 0 atom stereocenters. The fraction of sp³-hybridized carbons (Fsp3) is 0.333. The van der Waals surface area contributed by atoms with Crippen LogP contribution in [0.2, 0.25) is 0 Å². The zero-order valence-electron chi connectivity index (χ0n) is 9.10. The number of nitrogens with two attached hydrogens (primary N) is 1. The Morgan fingerprint density at radius 3 is 2.75 bits per heavy atom. The third-order valence-electron chi connectivity index (χ3n) is 2.70. The average Bonchev–Trinajstić information content (AvgIpc) is 3.01. The maximum Gasteiger partial charge on any atom is 0.134 e. The van der Waals surface area contributed by atoms with Crippen LogP contribution in [0.15, 0.2) is 18.2 Å². The Kier molecular flexibility index (Phi) is 2.17. The minimum absolute atomic E-state index is 0.545. The van der Waals surface area contributed by atoms with E-state index in [-0.39, 0.29) is 0 Å². The van der Waals surface area contributed by atoms with E-state index in [0.717, 1.165) is 11.5 Å². The van der Waals surface area contributed by atoms with E-state index < -0.39 is 0 Å². The molecule has 0 aromatic carbocycles. The van der Waals surface area contributed by atoms with Gasteiger partial charge in [-0.15, -0.1) is 11.3 Å². The molecule has 0 spiro atoms. The highest BCUT2D eigenvalue weighted by Gasteiger charge is 2.27. The van der Waals surface area contributed by atoms with Gasteiger partial charge in [0.15, 0.2) is 0 Å². The lowest BCUT2D eigenvalue weighted by atomic mass is 10.3. The van der Waals surface area contributed by atoms with Gasteiger partial charge in [0.1, 0.15) is 11.6 Å². The zero-order chi connectivity index (χ0) is 11.1. The second kappa shape index (κ2) is 3.56. The van der Waals surface area contributed by atoms with E-state index in [4.69, 9.17) is 5.73 Å². The molecule has 82 valence electrons. The van der Waals surface area contributed by atoms with E-state index in [2.05, 4.69) is 29.0 Å². The third-order valence-corrected chi connectivity index (χ3v) is 3.72. The monoisotopic (exact) mass is 231 g/mol. The lowest BCUT2D eigenvalue weighted by Crippen LogP contribution is -1.99. The molecule has 3 rings (SSSR count). The Hall–Kier alpha value is -1.42. The average molecular weight is 231 g/mol. The van der Waals surface area contributed by atoms with Crippen LogP contribution in [0.1, 0.15) is 29.5 Å². The number of anilines is 1. The Balaban J connectivity index is 2.06. The zero-order valence-corrected chi connectivity index (χ0v) is 9.92. The molecule has 2 aromatic rings. The summed E-state index contributed by atoms with van der Waals surface area (Å²) in [7, 11) is 0. The van der Waals surface area contributed by atoms with Crippen LogP contribution in [0.5, 0.6) is 0 Å². The van der Waals surface area contributed by atoms with Crippen LogP contribution in [0.4, 0.5) is 5.82 Å². The molecule has 3 nitrogen and oxygen atoms in total. The normalized spacial score (nSPS) is 15.3. The highest BCUT2D eigenvalue weighted by molar-refractivity contribution is 7.15. The number of nitrogen functional groups attached to an aromatic ring is 1. The molecule has 0 bridgehead atoms. The van der Waals surface area contributed by atoms with Gasteiger partial charge in [0.05, 0.1) is 10.6 Å². The predicted molar refractivity (Wildman–Crippen MR) is 66.5 cm³/mol. The van der Waals surface area contributed by atoms with Gasteiger partial charge in [-0.25, -0.2) is 9.97 Å². The molecule has 0 amide bonds. The van der Waals surface area contributed by atoms with Crippen LogP contribution in [0, 0.1) is 6.92 Å². The fourth-order valence-electron chi connectivity index (χ4n) is 1.71. The molecule has 1 aliphatic carbocycles. The molecule has 2 aromatic heterocycles. The third kappa shape index (κ3) is 1.80. The topological polar surface area (TPSA) is 51.8 Å². The molecule has 1 aliphatic rings. The fourth-order valence-corrected chi connectivity index (χ4v) is 2.54. The van der Waals surface area contributed by atoms with Gasteiger partial charge in [-0.2, -0.15) is 0 Å². The molecule has 1 saturated carbocycles. The van der Waals surface area contributed by atoms with Crippen molar-refractivity contribution in [1.29, 1.82) is 0 Å². The van der Waals surface area contributed by atoms with Gasteiger partial charge in [-0.3, -0.25) is 0 Å². The van der Waals surface area contributed by atoms with Gasteiger partial charge in [0.25, 0.3) is 0 Å². The van der Waals surface area contributed by atoms with Crippen LogP contribution in [-0.4, -0.2) is 9.97 Å². The van der Waals surface area contributed by atoms with E-state index in [9.17, 15) is 0 Å². The number of nitrogens with zero attached hydrogens (tertiary/aromatic N) is 2. The summed E-state index contributed by atoms with van der Waals surface area (Å²) in [6, 6.07) is 6.06. The van der Waals surface area contributed by atoms with E-state index in [1.165, 1.54) is 22.6 Å². The van der Waals surface area contributed by atoms with Gasteiger partial charge < -0.3 is 5.73 Å². The minimum atomic E-state index is 0.545. The van der Waals surface area contributed by atoms with Crippen LogP contribution in [0.25, 0.3) is 10.6 Å². The summed E-state index contributed by atoms with van der Waals surface area (Å²) in [6.45, 7) is 2.10. The standard InChI is InChI=1S/C12H13N3S/c1-7-2-5-10(16-7)9-6-11(13)15-12(14-9)8-3-4-8/h2,5-6,8H,3-4H2,1H3,(H2,13,14,15). The second-order valence-corrected chi connectivity index (χ2v) is 5.51. The van der Waals surface area contributed by atoms with Crippen molar-refractivity contribution in [3.8, 4) is 10.6 Å². The van der Waals surface area contributed by atoms with Crippen LogP contribution >= 0.6 is 11.3 Å². The van der Waals surface area contributed by atoms with Crippen molar-refractivity contribution in [2.45, 2.75) is 25.7 Å². The first kappa shape index (κ1) is 9.78. The molecule has 1 fully saturated rings. The Bertz CT molecular complexity index is 529. The Labute approximate surface area is 98.4 Å². The smallest absolute Gasteiger partial charge is 0.134 e. The maximum absolute atomic E-state index is 5.82. The van der Waals surface area contributed by atoms with Crippen molar-refractivity contribution in [2.75, 3.05) is 5.73 Å². The molecule has 2 N–H and O–H groups in total. The van der Waals surface area contributed by atoms with Crippen molar-refractivity contribution < 1.29 is 0 Å². The molecular formula is C12H13N3S. The van der Waals surface area contributed by atoms with Gasteiger partial charge >= 0.3 is 0 Å². The van der Waals surface area contributed by atoms with Crippen molar-refractivity contribution in [2.24, 2.45) is 0 Å². The Morgan fingerprint density at radius 1 is 1.31 bits per heavy atom. The number of rotatable bonds is 2. The van der Waals surface area contributed by atoms with Crippen molar-refractivity contribution in [1.82, 2.24) is 9.97 Å². The summed E-state index contributed by atoms with van der Waals surface area (Å²) in [4.78, 5) is 11.4. The van der Waals surface area contributed by atoms with E-state index in [0.29, 0.717) is 11.7 Å². The number of hydrogen-bond acceptors (Lipinski definition) is 4.